The van der Waals surface area contributed by atoms with Crippen LogP contribution < -0.4 is 0 Å². The third kappa shape index (κ3) is 9.37. The molecule has 0 radical (unpaired) electrons. The first-order valence-electron chi connectivity index (χ1n) is 39.3. The van der Waals surface area contributed by atoms with E-state index in [0.29, 0.717) is 5.82 Å². The van der Waals surface area contributed by atoms with Crippen LogP contribution in [0.2, 0.25) is 0 Å². The number of hydrogen-bond donors (Lipinski definition) is 0. The van der Waals surface area contributed by atoms with Crippen molar-refractivity contribution in [2.24, 2.45) is 0 Å². The molecule has 112 heavy (non-hydrogen) atoms. The van der Waals surface area contributed by atoms with E-state index in [1.807, 2.05) is 0 Å². The Morgan fingerprint density at radius 3 is 0.938 bits per heavy atom. The molecule has 5 heteroatoms. The van der Waals surface area contributed by atoms with Crippen LogP contribution in [0.3, 0.4) is 0 Å². The first-order valence-corrected chi connectivity index (χ1v) is 39.3. The van der Waals surface area contributed by atoms with Crippen LogP contribution in [0.1, 0.15) is 74.9 Å². The zero-order chi connectivity index (χ0) is 74.6. The SMILES string of the molecule is CC1(C)c2ccccc2-c2ccc(-c3ccc4c(c3)c3ccccc3n4-c3ccc(-c4nc(-c5ccc(-n6c7ccccc7c7cc(-c8ccc9c(c8)C(C)(C)c8ccccc8-9)ccc76)cc5)c5cc(-c6cccc(-n7c8ccccc8c8cc(-c9ccc%10c(c9)C(C)(C)c9ccccc9-%10)ccc87)c6)ccc5n4)cc3)cc21. The minimum atomic E-state index is -0.0908. The van der Waals surface area contributed by atoms with E-state index < -0.39 is 0 Å². The Bertz CT molecular complexity index is 7450. The van der Waals surface area contributed by atoms with Crippen LogP contribution >= 0.6 is 0 Å². The molecule has 528 valence electrons. The van der Waals surface area contributed by atoms with Crippen molar-refractivity contribution in [1.29, 1.82) is 0 Å². The maximum Gasteiger partial charge on any atom is 0.160 e. The van der Waals surface area contributed by atoms with Crippen LogP contribution in [-0.4, -0.2) is 23.7 Å². The van der Waals surface area contributed by atoms with Crippen LogP contribution in [0.25, 0.3) is 194 Å². The van der Waals surface area contributed by atoms with Crippen molar-refractivity contribution in [3.8, 4) is 118 Å². The van der Waals surface area contributed by atoms with E-state index in [9.17, 15) is 0 Å². The van der Waals surface area contributed by atoms with Gasteiger partial charge in [0.15, 0.2) is 5.82 Å². The van der Waals surface area contributed by atoms with Gasteiger partial charge in [0.25, 0.3) is 0 Å². The highest BCUT2D eigenvalue weighted by Gasteiger charge is 2.38. The maximum atomic E-state index is 5.68. The summed E-state index contributed by atoms with van der Waals surface area (Å²) in [7, 11) is 0. The van der Waals surface area contributed by atoms with Gasteiger partial charge in [-0.25, -0.2) is 9.97 Å². The predicted octanol–water partition coefficient (Wildman–Crippen LogP) is 27.8. The Balaban J connectivity index is 0.626. The molecule has 16 aromatic carbocycles. The lowest BCUT2D eigenvalue weighted by Gasteiger charge is -2.22. The van der Waals surface area contributed by atoms with E-state index in [4.69, 9.17) is 9.97 Å². The Morgan fingerprint density at radius 2 is 0.509 bits per heavy atom. The number of benzene rings is 16. The Kier molecular flexibility index (Phi) is 13.6. The Hall–Kier alpha value is -13.7. The summed E-state index contributed by atoms with van der Waals surface area (Å²) in [6, 6.07) is 129. The second kappa shape index (κ2) is 23.6. The van der Waals surface area contributed by atoms with E-state index >= 15 is 0 Å². The van der Waals surface area contributed by atoms with Crippen molar-refractivity contribution in [3.05, 3.63) is 379 Å². The fourth-order valence-corrected chi connectivity index (χ4v) is 20.0. The normalized spacial score (nSPS) is 14.0. The van der Waals surface area contributed by atoms with Crippen molar-refractivity contribution in [2.45, 2.75) is 57.8 Å². The molecule has 0 N–H and O–H groups in total. The summed E-state index contributed by atoms with van der Waals surface area (Å²) in [6.45, 7) is 14.2. The van der Waals surface area contributed by atoms with Crippen molar-refractivity contribution in [2.75, 3.05) is 0 Å². The molecule has 23 rings (SSSR count). The second-order valence-electron chi connectivity index (χ2n) is 32.8. The molecule has 3 aliphatic carbocycles. The summed E-state index contributed by atoms with van der Waals surface area (Å²) in [5.74, 6) is 0.662. The van der Waals surface area contributed by atoms with Gasteiger partial charge in [-0.15, -0.1) is 0 Å². The number of fused-ring (bicyclic) bond motifs is 19. The molecular formula is C107H75N5. The fraction of sp³-hybridized carbons (Fsp3) is 0.0841. The van der Waals surface area contributed by atoms with Crippen LogP contribution in [0, 0.1) is 0 Å². The predicted molar refractivity (Wildman–Crippen MR) is 468 cm³/mol. The van der Waals surface area contributed by atoms with Gasteiger partial charge in [0.1, 0.15) is 0 Å². The van der Waals surface area contributed by atoms with Gasteiger partial charge >= 0.3 is 0 Å². The molecule has 5 nitrogen and oxygen atoms in total. The van der Waals surface area contributed by atoms with Crippen molar-refractivity contribution >= 4 is 76.3 Å². The van der Waals surface area contributed by atoms with E-state index in [-0.39, 0.29) is 16.2 Å². The summed E-state index contributed by atoms with van der Waals surface area (Å²) >= 11 is 0. The van der Waals surface area contributed by atoms with Gasteiger partial charge in [-0.1, -0.05) is 254 Å². The number of rotatable bonds is 9. The zero-order valence-corrected chi connectivity index (χ0v) is 63.1. The Morgan fingerprint density at radius 1 is 0.196 bits per heavy atom. The minimum Gasteiger partial charge on any atom is -0.309 e. The summed E-state index contributed by atoms with van der Waals surface area (Å²) < 4.78 is 7.26. The third-order valence-electron chi connectivity index (χ3n) is 25.7. The smallest absolute Gasteiger partial charge is 0.160 e. The van der Waals surface area contributed by atoms with E-state index in [1.54, 1.807) is 0 Å². The molecule has 4 aromatic heterocycles. The summed E-state index contributed by atoms with van der Waals surface area (Å²) in [5, 5.41) is 8.29. The highest BCUT2D eigenvalue weighted by molar-refractivity contribution is 6.13. The summed E-state index contributed by atoms with van der Waals surface area (Å²) in [5.41, 5.74) is 39.4. The standard InChI is InChI=1S/C107H75N5/c1-105(2)90-28-13-7-22-77(90)80-49-38-71(61-93(80)105)68-42-53-100-86(57-68)83-25-10-16-31-97(83)110(100)74-45-34-64(35-46-74)103-89-60-67(66-20-19-21-76(56-66)112-99-33-18-12-27-85(99)88-59-70(44-55-102(88)112)73-40-51-82-79-24-9-15-30-92(79)107(5,6)95(82)63-73)41-52-96(89)108-104(109-103)65-36-47-75(48-37-65)111-98-32-17-11-26-84(98)87-58-69(43-54-101(87)111)72-39-50-81-78-23-8-14-29-91(78)106(3,4)94(81)62-72/h7-63H,1-6H3. The molecular weight excluding hydrogens is 1360 g/mol. The van der Waals surface area contributed by atoms with Crippen molar-refractivity contribution < 1.29 is 0 Å². The van der Waals surface area contributed by atoms with Gasteiger partial charge in [0, 0.05) is 82.1 Å². The lowest BCUT2D eigenvalue weighted by Crippen LogP contribution is -2.14. The lowest BCUT2D eigenvalue weighted by molar-refractivity contribution is 0.660. The third-order valence-corrected chi connectivity index (χ3v) is 25.7. The molecule has 0 amide bonds. The average Bonchev–Trinajstić information content (AvgIpc) is 1.57. The van der Waals surface area contributed by atoms with E-state index in [2.05, 4.69) is 401 Å². The number of aromatic nitrogens is 5. The van der Waals surface area contributed by atoms with Crippen LogP contribution in [0.15, 0.2) is 346 Å². The highest BCUT2D eigenvalue weighted by Crippen LogP contribution is 2.54. The molecule has 0 spiro atoms. The van der Waals surface area contributed by atoms with Crippen LogP contribution in [0.5, 0.6) is 0 Å². The Labute approximate surface area is 650 Å². The monoisotopic (exact) mass is 1430 g/mol. The molecule has 4 heterocycles. The first-order chi connectivity index (χ1) is 54.8. The van der Waals surface area contributed by atoms with Gasteiger partial charge in [-0.05, 0) is 245 Å². The van der Waals surface area contributed by atoms with Gasteiger partial charge in [-0.2, -0.15) is 0 Å². The fourth-order valence-electron chi connectivity index (χ4n) is 20.0. The zero-order valence-electron chi connectivity index (χ0n) is 63.1. The van der Waals surface area contributed by atoms with Crippen molar-refractivity contribution in [1.82, 2.24) is 23.7 Å². The molecule has 0 saturated carbocycles. The quantitative estimate of drug-likeness (QED) is 0.144. The summed E-state index contributed by atoms with van der Waals surface area (Å²) in [6.07, 6.45) is 0. The molecule has 0 atom stereocenters. The van der Waals surface area contributed by atoms with Gasteiger partial charge < -0.3 is 13.7 Å². The second-order valence-corrected chi connectivity index (χ2v) is 32.8. The number of nitrogens with zero attached hydrogens (tertiary/aromatic N) is 5. The molecule has 3 aliphatic rings. The van der Waals surface area contributed by atoms with Gasteiger partial charge in [0.05, 0.1) is 44.3 Å². The molecule has 0 unspecified atom stereocenters. The molecule has 0 aliphatic heterocycles. The number of para-hydroxylation sites is 3. The van der Waals surface area contributed by atoms with E-state index in [0.717, 1.165) is 83.5 Å². The van der Waals surface area contributed by atoms with Crippen molar-refractivity contribution in [3.63, 3.8) is 0 Å². The van der Waals surface area contributed by atoms with Gasteiger partial charge in [0.2, 0.25) is 0 Å². The number of hydrogen-bond acceptors (Lipinski definition) is 2. The van der Waals surface area contributed by atoms with E-state index in [1.165, 1.54) is 138 Å². The summed E-state index contributed by atoms with van der Waals surface area (Å²) in [4.78, 5) is 11.2. The first kappa shape index (κ1) is 64.3. The molecule has 20 aromatic rings. The highest BCUT2D eigenvalue weighted by atomic mass is 15.0. The molecule has 0 fully saturated rings. The largest absolute Gasteiger partial charge is 0.309 e. The molecule has 0 bridgehead atoms. The topological polar surface area (TPSA) is 40.6 Å². The van der Waals surface area contributed by atoms with Crippen LogP contribution in [-0.2, 0) is 16.2 Å². The van der Waals surface area contributed by atoms with Crippen LogP contribution in [0.4, 0.5) is 0 Å². The van der Waals surface area contributed by atoms with Gasteiger partial charge in [-0.3, -0.25) is 0 Å². The average molecular weight is 1430 g/mol. The lowest BCUT2D eigenvalue weighted by atomic mass is 9.81. The minimum absolute atomic E-state index is 0.0858. The molecule has 0 saturated heterocycles. The maximum absolute atomic E-state index is 5.68.